The van der Waals surface area contributed by atoms with Gasteiger partial charge in [-0.3, -0.25) is 9.79 Å². The lowest BCUT2D eigenvalue weighted by atomic mass is 9.92. The molecule has 3 aromatic carbocycles. The predicted molar refractivity (Wildman–Crippen MR) is 107 cm³/mol. The predicted octanol–water partition coefficient (Wildman–Crippen LogP) is 4.44. The van der Waals surface area contributed by atoms with Crippen molar-refractivity contribution >= 4 is 33.0 Å². The number of hydrogen-bond acceptors (Lipinski definition) is 5. The average Bonchev–Trinajstić information content (AvgIpc) is 3.26. The highest BCUT2D eigenvalue weighted by molar-refractivity contribution is 6.48. The molecule has 0 amide bonds. The van der Waals surface area contributed by atoms with E-state index in [9.17, 15) is 4.79 Å². The van der Waals surface area contributed by atoms with Gasteiger partial charge in [0.05, 0.1) is 27.0 Å². The first-order valence-corrected chi connectivity index (χ1v) is 8.90. The Labute approximate surface area is 157 Å². The van der Waals surface area contributed by atoms with E-state index in [0.717, 1.165) is 46.7 Å². The third kappa shape index (κ3) is 2.89. The van der Waals surface area contributed by atoms with Gasteiger partial charge in [-0.25, -0.2) is 0 Å². The minimum Gasteiger partial charge on any atom is -0.497 e. The molecule has 0 N–H and O–H groups in total. The first-order valence-electron chi connectivity index (χ1n) is 8.90. The van der Waals surface area contributed by atoms with Gasteiger partial charge in [-0.15, -0.1) is 0 Å². The fraction of sp³-hybridized carbons (Fsp3) is 0.273. The number of carbonyl (C=O) groups excluding carboxylic acids is 1. The molecule has 0 unspecified atom stereocenters. The molecule has 0 saturated heterocycles. The molecule has 1 aliphatic heterocycles. The van der Waals surface area contributed by atoms with Crippen LogP contribution < -0.4 is 14.2 Å². The van der Waals surface area contributed by atoms with Gasteiger partial charge in [0.15, 0.2) is 11.5 Å². The van der Waals surface area contributed by atoms with Crippen molar-refractivity contribution in [3.63, 3.8) is 0 Å². The van der Waals surface area contributed by atoms with Gasteiger partial charge in [-0.05, 0) is 64.7 Å². The molecule has 1 aliphatic rings. The van der Waals surface area contributed by atoms with Gasteiger partial charge in [-0.2, -0.15) is 0 Å². The van der Waals surface area contributed by atoms with Crippen LogP contribution in [0.3, 0.4) is 0 Å². The second kappa shape index (κ2) is 6.91. The van der Waals surface area contributed by atoms with E-state index in [1.807, 2.05) is 36.4 Å². The monoisotopic (exact) mass is 363 g/mol. The molecule has 0 fully saturated rings. The molecule has 0 aliphatic carbocycles. The summed E-state index contributed by atoms with van der Waals surface area (Å²) in [5.41, 5.74) is 1.29. The Morgan fingerprint density at radius 3 is 2.26 bits per heavy atom. The number of rotatable bonds is 5. The van der Waals surface area contributed by atoms with E-state index in [1.54, 1.807) is 21.3 Å². The van der Waals surface area contributed by atoms with Crippen molar-refractivity contribution in [3.05, 3.63) is 42.0 Å². The van der Waals surface area contributed by atoms with Crippen molar-refractivity contribution in [2.75, 3.05) is 27.9 Å². The van der Waals surface area contributed by atoms with Crippen LogP contribution in [0.5, 0.6) is 17.2 Å². The van der Waals surface area contributed by atoms with Crippen molar-refractivity contribution in [3.8, 4) is 17.2 Å². The summed E-state index contributed by atoms with van der Waals surface area (Å²) < 4.78 is 16.3. The van der Waals surface area contributed by atoms with Crippen molar-refractivity contribution in [2.24, 2.45) is 4.99 Å². The van der Waals surface area contributed by atoms with E-state index in [2.05, 4.69) is 4.99 Å². The largest absolute Gasteiger partial charge is 0.497 e. The Bertz CT molecular complexity index is 1080. The van der Waals surface area contributed by atoms with Crippen LogP contribution in [0.15, 0.2) is 41.4 Å². The maximum Gasteiger partial charge on any atom is 0.207 e. The van der Waals surface area contributed by atoms with Gasteiger partial charge in [0, 0.05) is 12.1 Å². The number of ether oxygens (including phenoxy) is 3. The minimum atomic E-state index is -0.0116. The molecular formula is C22H21NO4. The molecule has 5 heteroatoms. The van der Waals surface area contributed by atoms with Gasteiger partial charge < -0.3 is 14.2 Å². The lowest BCUT2D eigenvalue weighted by Crippen LogP contribution is -2.12. The van der Waals surface area contributed by atoms with E-state index in [4.69, 9.17) is 14.2 Å². The quantitative estimate of drug-likeness (QED) is 0.497. The second-order valence-electron chi connectivity index (χ2n) is 6.53. The number of nitrogens with zero attached hydrogens (tertiary/aromatic N) is 1. The molecule has 0 aromatic heterocycles. The lowest BCUT2D eigenvalue weighted by Gasteiger charge is -2.15. The highest BCUT2D eigenvalue weighted by atomic mass is 16.5. The van der Waals surface area contributed by atoms with Gasteiger partial charge in [-0.1, -0.05) is 6.07 Å². The fourth-order valence-electron chi connectivity index (χ4n) is 3.65. The van der Waals surface area contributed by atoms with Crippen LogP contribution in [0.4, 0.5) is 0 Å². The molecule has 0 atom stereocenters. The maximum absolute atomic E-state index is 13.2. The van der Waals surface area contributed by atoms with E-state index in [1.165, 1.54) is 0 Å². The van der Waals surface area contributed by atoms with Crippen LogP contribution in [0.25, 0.3) is 21.5 Å². The minimum absolute atomic E-state index is 0.0116. The Morgan fingerprint density at radius 2 is 1.63 bits per heavy atom. The van der Waals surface area contributed by atoms with E-state index < -0.39 is 0 Å². The van der Waals surface area contributed by atoms with Gasteiger partial charge in [0.25, 0.3) is 0 Å². The molecule has 3 aromatic rings. The Hall–Kier alpha value is -3.08. The smallest absolute Gasteiger partial charge is 0.207 e. The molecule has 0 radical (unpaired) electrons. The highest BCUT2D eigenvalue weighted by Crippen LogP contribution is 2.39. The van der Waals surface area contributed by atoms with Gasteiger partial charge in [0.1, 0.15) is 5.75 Å². The number of fused-ring (bicyclic) bond motifs is 3. The number of carbonyl (C=O) groups is 1. The van der Waals surface area contributed by atoms with E-state index >= 15 is 0 Å². The third-order valence-electron chi connectivity index (χ3n) is 5.05. The van der Waals surface area contributed by atoms with Crippen molar-refractivity contribution in [2.45, 2.75) is 12.8 Å². The third-order valence-corrected chi connectivity index (χ3v) is 5.05. The van der Waals surface area contributed by atoms with E-state index in [0.29, 0.717) is 22.8 Å². The fourth-order valence-corrected chi connectivity index (χ4v) is 3.65. The molecule has 0 spiro atoms. The SMILES string of the molecule is COc1ccc2cc(C(=O)C3=NCCC3)c3cc(OC)c(OC)cc3c2c1. The number of Topliss-reactive ketones (excluding diaryl/α,β-unsaturated/α-hetero) is 1. The second-order valence-corrected chi connectivity index (χ2v) is 6.53. The number of hydrogen-bond donors (Lipinski definition) is 0. The van der Waals surface area contributed by atoms with Crippen molar-refractivity contribution < 1.29 is 19.0 Å². The molecule has 27 heavy (non-hydrogen) atoms. The molecule has 0 saturated carbocycles. The molecule has 1 heterocycles. The topological polar surface area (TPSA) is 57.1 Å². The standard InChI is InChI=1S/C22H21NO4/c1-25-14-7-6-13-9-18(22(24)19-5-4-8-23-19)17-12-21(27-3)20(26-2)11-16(17)15(13)10-14/h6-7,9-12H,4-5,8H2,1-3H3. The van der Waals surface area contributed by atoms with E-state index in [-0.39, 0.29) is 5.78 Å². The molecule has 5 nitrogen and oxygen atoms in total. The molecule has 0 bridgehead atoms. The zero-order chi connectivity index (χ0) is 19.0. The maximum atomic E-state index is 13.2. The first kappa shape index (κ1) is 17.3. The summed E-state index contributed by atoms with van der Waals surface area (Å²) in [5.74, 6) is 1.96. The number of methoxy groups -OCH3 is 3. The lowest BCUT2D eigenvalue weighted by molar-refractivity contribution is 0.106. The summed E-state index contributed by atoms with van der Waals surface area (Å²) in [7, 11) is 4.84. The summed E-state index contributed by atoms with van der Waals surface area (Å²) in [5, 5.41) is 3.71. The van der Waals surface area contributed by atoms with Crippen LogP contribution in [0.2, 0.25) is 0 Å². The average molecular weight is 363 g/mol. The van der Waals surface area contributed by atoms with Crippen LogP contribution in [-0.4, -0.2) is 39.4 Å². The number of benzene rings is 3. The summed E-state index contributed by atoms with van der Waals surface area (Å²) in [6, 6.07) is 11.6. The van der Waals surface area contributed by atoms with Gasteiger partial charge >= 0.3 is 0 Å². The van der Waals surface area contributed by atoms with Crippen molar-refractivity contribution in [1.82, 2.24) is 0 Å². The van der Waals surface area contributed by atoms with Crippen LogP contribution >= 0.6 is 0 Å². The Morgan fingerprint density at radius 1 is 0.889 bits per heavy atom. The molecule has 138 valence electrons. The first-order chi connectivity index (χ1) is 13.2. The zero-order valence-corrected chi connectivity index (χ0v) is 15.7. The van der Waals surface area contributed by atoms with Crippen LogP contribution in [0.1, 0.15) is 23.2 Å². The Kier molecular flexibility index (Phi) is 4.44. The van der Waals surface area contributed by atoms with Crippen molar-refractivity contribution in [1.29, 1.82) is 0 Å². The van der Waals surface area contributed by atoms with Crippen LogP contribution in [0, 0.1) is 0 Å². The summed E-state index contributed by atoms with van der Waals surface area (Å²) in [4.78, 5) is 17.5. The molecular weight excluding hydrogens is 342 g/mol. The van der Waals surface area contributed by atoms with Crippen LogP contribution in [-0.2, 0) is 0 Å². The number of ketones is 1. The Balaban J connectivity index is 2.07. The number of aliphatic imine (C=N–C) groups is 1. The van der Waals surface area contributed by atoms with Gasteiger partial charge in [0.2, 0.25) is 5.78 Å². The summed E-state index contributed by atoms with van der Waals surface area (Å²) in [6.07, 6.45) is 1.66. The summed E-state index contributed by atoms with van der Waals surface area (Å²) in [6.45, 7) is 0.723. The zero-order valence-electron chi connectivity index (χ0n) is 15.7. The molecule has 4 rings (SSSR count). The normalized spacial score (nSPS) is 13.7. The summed E-state index contributed by atoms with van der Waals surface area (Å²) >= 11 is 0. The highest BCUT2D eigenvalue weighted by Gasteiger charge is 2.22.